The quantitative estimate of drug-likeness (QED) is 0.320. The minimum absolute atomic E-state index is 0.0761. The predicted octanol–water partition coefficient (Wildman–Crippen LogP) is 3.78. The van der Waals surface area contributed by atoms with Crippen molar-refractivity contribution in [3.63, 3.8) is 0 Å². The highest BCUT2D eigenvalue weighted by Crippen LogP contribution is 2.21. The zero-order valence-electron chi connectivity index (χ0n) is 17.3. The summed E-state index contributed by atoms with van der Waals surface area (Å²) in [5.74, 6) is -0.629. The highest BCUT2D eigenvalue weighted by Gasteiger charge is 2.17. The third-order valence-corrected chi connectivity index (χ3v) is 5.86. The zero-order valence-corrected chi connectivity index (χ0v) is 18.1. The molecule has 0 spiro atoms. The first-order valence-electron chi connectivity index (χ1n) is 9.44. The Balaban J connectivity index is 1.74. The van der Waals surface area contributed by atoms with Gasteiger partial charge in [-0.15, -0.1) is 0 Å². The van der Waals surface area contributed by atoms with Crippen LogP contribution < -0.4 is 10.1 Å². The van der Waals surface area contributed by atoms with Gasteiger partial charge in [0.2, 0.25) is 0 Å². The van der Waals surface area contributed by atoms with E-state index < -0.39 is 20.9 Å². The van der Waals surface area contributed by atoms with E-state index in [1.807, 2.05) is 13.0 Å². The van der Waals surface area contributed by atoms with Gasteiger partial charge in [-0.2, -0.15) is 5.10 Å². The molecule has 1 amide bonds. The van der Waals surface area contributed by atoms with Crippen LogP contribution in [-0.4, -0.2) is 25.5 Å². The summed E-state index contributed by atoms with van der Waals surface area (Å²) in [5.41, 5.74) is 4.93. The molecule has 0 bridgehead atoms. The molecule has 10 heteroatoms. The number of aryl methyl sites for hydroxylation is 2. The maximum atomic E-state index is 12.8. The molecule has 9 nitrogen and oxygen atoms in total. The standard InChI is InChI=1S/C22H20N4O5S/c1-15-9-10-21(16(2)11-15)25-32(30,31)20-8-4-6-18(13-20)22(27)24-23-14-17-5-3-7-19(12-17)26(28)29/h3-14,25H,1-2H3,(H,24,27)/b23-14-. The van der Waals surface area contributed by atoms with Gasteiger partial charge in [0, 0.05) is 23.3 Å². The van der Waals surface area contributed by atoms with Crippen LogP contribution in [0.25, 0.3) is 0 Å². The Morgan fingerprint density at radius 2 is 1.78 bits per heavy atom. The van der Waals surface area contributed by atoms with Crippen LogP contribution in [0.15, 0.2) is 76.7 Å². The smallest absolute Gasteiger partial charge is 0.271 e. The van der Waals surface area contributed by atoms with Crippen molar-refractivity contribution in [1.29, 1.82) is 0 Å². The fourth-order valence-corrected chi connectivity index (χ4v) is 4.06. The summed E-state index contributed by atoms with van der Waals surface area (Å²) in [6.07, 6.45) is 1.26. The lowest BCUT2D eigenvalue weighted by molar-refractivity contribution is -0.384. The largest absolute Gasteiger partial charge is 0.279 e. The fourth-order valence-electron chi connectivity index (χ4n) is 2.88. The molecule has 0 aromatic heterocycles. The van der Waals surface area contributed by atoms with Gasteiger partial charge in [0.15, 0.2) is 0 Å². The number of non-ortho nitro benzene ring substituents is 1. The molecule has 0 radical (unpaired) electrons. The molecule has 2 N–H and O–H groups in total. The molecular weight excluding hydrogens is 432 g/mol. The van der Waals surface area contributed by atoms with Gasteiger partial charge < -0.3 is 0 Å². The van der Waals surface area contributed by atoms with Crippen LogP contribution in [0.5, 0.6) is 0 Å². The van der Waals surface area contributed by atoms with E-state index in [-0.39, 0.29) is 16.1 Å². The van der Waals surface area contributed by atoms with Gasteiger partial charge in [-0.3, -0.25) is 19.6 Å². The summed E-state index contributed by atoms with van der Waals surface area (Å²) in [6.45, 7) is 3.71. The number of rotatable bonds is 7. The Hall–Kier alpha value is -4.05. The van der Waals surface area contributed by atoms with E-state index >= 15 is 0 Å². The zero-order chi connectivity index (χ0) is 23.3. The molecule has 0 saturated heterocycles. The molecule has 3 aromatic carbocycles. The second-order valence-corrected chi connectivity index (χ2v) is 8.69. The van der Waals surface area contributed by atoms with Gasteiger partial charge in [0.1, 0.15) is 0 Å². The summed E-state index contributed by atoms with van der Waals surface area (Å²) in [5, 5.41) is 14.6. The minimum atomic E-state index is -3.91. The maximum absolute atomic E-state index is 12.8. The number of nitro benzene ring substituents is 1. The highest BCUT2D eigenvalue weighted by atomic mass is 32.2. The van der Waals surface area contributed by atoms with Gasteiger partial charge in [-0.25, -0.2) is 13.8 Å². The summed E-state index contributed by atoms with van der Waals surface area (Å²) in [6, 6.07) is 16.6. The van der Waals surface area contributed by atoms with Gasteiger partial charge in [0.05, 0.1) is 21.7 Å². The summed E-state index contributed by atoms with van der Waals surface area (Å²) in [7, 11) is -3.91. The predicted molar refractivity (Wildman–Crippen MR) is 121 cm³/mol. The molecule has 0 atom stereocenters. The molecule has 0 aliphatic carbocycles. The van der Waals surface area contributed by atoms with Gasteiger partial charge in [-0.1, -0.05) is 35.9 Å². The third-order valence-electron chi connectivity index (χ3n) is 4.49. The van der Waals surface area contributed by atoms with E-state index in [0.717, 1.165) is 11.1 Å². The van der Waals surface area contributed by atoms with Crippen molar-refractivity contribution in [2.75, 3.05) is 4.72 Å². The lowest BCUT2D eigenvalue weighted by Gasteiger charge is -2.12. The van der Waals surface area contributed by atoms with Crippen LogP contribution in [0.2, 0.25) is 0 Å². The summed E-state index contributed by atoms with van der Waals surface area (Å²) in [4.78, 5) is 22.6. The first kappa shape index (κ1) is 22.6. The number of nitrogens with one attached hydrogen (secondary N) is 2. The second kappa shape index (κ2) is 9.40. The van der Waals surface area contributed by atoms with E-state index in [2.05, 4.69) is 15.2 Å². The molecule has 3 aromatic rings. The molecule has 32 heavy (non-hydrogen) atoms. The van der Waals surface area contributed by atoms with E-state index in [0.29, 0.717) is 11.3 Å². The monoisotopic (exact) mass is 452 g/mol. The van der Waals surface area contributed by atoms with Crippen LogP contribution in [0.3, 0.4) is 0 Å². The van der Waals surface area contributed by atoms with E-state index in [1.54, 1.807) is 25.1 Å². The summed E-state index contributed by atoms with van der Waals surface area (Å²) >= 11 is 0. The van der Waals surface area contributed by atoms with Crippen LogP contribution in [0.4, 0.5) is 11.4 Å². The molecule has 0 saturated carbocycles. The number of anilines is 1. The number of nitro groups is 1. The minimum Gasteiger partial charge on any atom is -0.279 e. The molecule has 0 fully saturated rings. The van der Waals surface area contributed by atoms with Crippen LogP contribution in [0, 0.1) is 24.0 Å². The Bertz CT molecular complexity index is 1320. The first-order chi connectivity index (χ1) is 15.2. The molecular formula is C22H20N4O5S. The lowest BCUT2D eigenvalue weighted by Crippen LogP contribution is -2.19. The number of hydrogen-bond donors (Lipinski definition) is 2. The second-order valence-electron chi connectivity index (χ2n) is 7.00. The Kier molecular flexibility index (Phi) is 6.64. The maximum Gasteiger partial charge on any atom is 0.271 e. The van der Waals surface area contributed by atoms with E-state index in [9.17, 15) is 23.3 Å². The molecule has 0 unspecified atom stereocenters. The molecule has 3 rings (SSSR count). The van der Waals surface area contributed by atoms with Gasteiger partial charge in [-0.05, 0) is 43.7 Å². The average Bonchev–Trinajstić information content (AvgIpc) is 2.76. The van der Waals surface area contributed by atoms with E-state index in [1.165, 1.54) is 48.7 Å². The average molecular weight is 452 g/mol. The molecule has 0 aliphatic heterocycles. The highest BCUT2D eigenvalue weighted by molar-refractivity contribution is 7.92. The van der Waals surface area contributed by atoms with Gasteiger partial charge >= 0.3 is 0 Å². The van der Waals surface area contributed by atoms with Crippen molar-refractivity contribution in [2.45, 2.75) is 18.7 Å². The van der Waals surface area contributed by atoms with Gasteiger partial charge in [0.25, 0.3) is 21.6 Å². The number of hydrogen-bond acceptors (Lipinski definition) is 6. The number of sulfonamides is 1. The third kappa shape index (κ3) is 5.55. The van der Waals surface area contributed by atoms with Crippen LogP contribution >= 0.6 is 0 Å². The number of benzene rings is 3. The van der Waals surface area contributed by atoms with Crippen molar-refractivity contribution in [3.8, 4) is 0 Å². The molecule has 164 valence electrons. The normalized spacial score (nSPS) is 11.3. The van der Waals surface area contributed by atoms with Crippen molar-refractivity contribution in [3.05, 3.63) is 99.1 Å². The molecule has 0 aliphatic rings. The Labute approximate surface area is 185 Å². The number of carbonyl (C=O) groups excluding carboxylic acids is 1. The Morgan fingerprint density at radius 3 is 2.50 bits per heavy atom. The van der Waals surface area contributed by atoms with Crippen molar-refractivity contribution >= 4 is 33.5 Å². The van der Waals surface area contributed by atoms with Crippen molar-refractivity contribution in [1.82, 2.24) is 5.43 Å². The topological polar surface area (TPSA) is 131 Å². The van der Waals surface area contributed by atoms with Crippen molar-refractivity contribution in [2.24, 2.45) is 5.10 Å². The molecule has 0 heterocycles. The van der Waals surface area contributed by atoms with E-state index in [4.69, 9.17) is 0 Å². The first-order valence-corrected chi connectivity index (χ1v) is 10.9. The summed E-state index contributed by atoms with van der Waals surface area (Å²) < 4.78 is 28.1. The SMILES string of the molecule is Cc1ccc(NS(=O)(=O)c2cccc(C(=O)N/N=C\c3cccc([N+](=O)[O-])c3)c2)c(C)c1. The van der Waals surface area contributed by atoms with Crippen LogP contribution in [0.1, 0.15) is 27.0 Å². The van der Waals surface area contributed by atoms with Crippen molar-refractivity contribution < 1.29 is 18.1 Å². The number of hydrazone groups is 1. The fraction of sp³-hybridized carbons (Fsp3) is 0.0909. The lowest BCUT2D eigenvalue weighted by atomic mass is 10.1. The number of amides is 1. The number of carbonyl (C=O) groups is 1. The van der Waals surface area contributed by atoms with Crippen LogP contribution in [-0.2, 0) is 10.0 Å². The number of nitrogens with zero attached hydrogens (tertiary/aromatic N) is 2. The Morgan fingerprint density at radius 1 is 1.03 bits per heavy atom.